The first-order valence-electron chi connectivity index (χ1n) is 12.4. The maximum Gasteiger partial charge on any atom is 0.410 e. The fourth-order valence-corrected chi connectivity index (χ4v) is 4.89. The Kier molecular flexibility index (Phi) is 9.16. The molecule has 1 aliphatic carbocycles. The fourth-order valence-electron chi connectivity index (χ4n) is 4.89. The van der Waals surface area contributed by atoms with Gasteiger partial charge in [-0.15, -0.1) is 0 Å². The molecule has 1 amide bonds. The highest BCUT2D eigenvalue weighted by Crippen LogP contribution is 2.32. The van der Waals surface area contributed by atoms with Gasteiger partial charge >= 0.3 is 6.09 Å². The third-order valence-corrected chi connectivity index (χ3v) is 6.73. The molecule has 2 aliphatic rings. The maximum atomic E-state index is 12.9. The van der Waals surface area contributed by atoms with E-state index in [0.717, 1.165) is 38.5 Å². The summed E-state index contributed by atoms with van der Waals surface area (Å²) in [7, 11) is 0. The van der Waals surface area contributed by atoms with Crippen molar-refractivity contribution in [3.63, 3.8) is 0 Å². The van der Waals surface area contributed by atoms with Crippen LogP contribution in [0.1, 0.15) is 71.3 Å². The minimum absolute atomic E-state index is 0.0149. The number of carbonyl (C=O) groups is 1. The summed E-state index contributed by atoms with van der Waals surface area (Å²) in [6.45, 7) is 7.16. The molecular formula is C26H42N2O5. The number of hydrogen-bond acceptors (Lipinski definition) is 6. The number of likely N-dealkylation sites (tertiary alicyclic amines) is 1. The smallest absolute Gasteiger partial charge is 0.410 e. The van der Waals surface area contributed by atoms with Crippen molar-refractivity contribution >= 4 is 6.09 Å². The van der Waals surface area contributed by atoms with Gasteiger partial charge < -0.3 is 30.0 Å². The van der Waals surface area contributed by atoms with Crippen molar-refractivity contribution in [1.82, 2.24) is 4.90 Å². The lowest BCUT2D eigenvalue weighted by molar-refractivity contribution is -0.0719. The lowest BCUT2D eigenvalue weighted by Gasteiger charge is -2.48. The highest BCUT2D eigenvalue weighted by Gasteiger charge is 2.45. The predicted octanol–water partition coefficient (Wildman–Crippen LogP) is 4.01. The Hall–Kier alpha value is -1.67. The Bertz CT molecular complexity index is 726. The van der Waals surface area contributed by atoms with Crippen LogP contribution in [-0.2, 0) is 20.8 Å². The van der Waals surface area contributed by atoms with Gasteiger partial charge in [0.1, 0.15) is 5.60 Å². The second kappa shape index (κ2) is 11.6. The van der Waals surface area contributed by atoms with Gasteiger partial charge in [-0.05, 0) is 71.3 Å². The van der Waals surface area contributed by atoms with Crippen LogP contribution in [0.25, 0.3) is 0 Å². The molecule has 0 bridgehead atoms. The number of nitrogens with two attached hydrogens (primary N) is 1. The molecule has 3 rings (SSSR count). The first-order chi connectivity index (χ1) is 15.7. The molecule has 7 heteroatoms. The van der Waals surface area contributed by atoms with E-state index < -0.39 is 11.1 Å². The van der Waals surface area contributed by atoms with Crippen LogP contribution in [0.2, 0.25) is 0 Å². The summed E-state index contributed by atoms with van der Waals surface area (Å²) in [6, 6.07) is 9.92. The van der Waals surface area contributed by atoms with Crippen molar-refractivity contribution in [3.8, 4) is 0 Å². The van der Waals surface area contributed by atoms with Crippen molar-refractivity contribution in [2.45, 2.75) is 102 Å². The van der Waals surface area contributed by atoms with E-state index in [1.54, 1.807) is 4.90 Å². The lowest BCUT2D eigenvalue weighted by Crippen LogP contribution is -2.65. The Morgan fingerprint density at radius 3 is 2.36 bits per heavy atom. The molecule has 186 valence electrons. The number of aliphatic hydroxyl groups is 1. The number of ether oxygens (including phenoxy) is 3. The molecule has 1 aromatic rings. The lowest BCUT2D eigenvalue weighted by atomic mass is 9.80. The Labute approximate surface area is 198 Å². The molecule has 1 heterocycles. The monoisotopic (exact) mass is 462 g/mol. The number of benzene rings is 1. The predicted molar refractivity (Wildman–Crippen MR) is 128 cm³/mol. The molecule has 1 saturated heterocycles. The topological polar surface area (TPSA) is 94.3 Å². The number of rotatable bonds is 8. The maximum absolute atomic E-state index is 12.9. The highest BCUT2D eigenvalue weighted by atomic mass is 16.6. The highest BCUT2D eigenvalue weighted by molar-refractivity contribution is 5.69. The van der Waals surface area contributed by atoms with Gasteiger partial charge in [0.25, 0.3) is 0 Å². The standard InChI is InChI=1S/C26H42N2O5/c1-25(2,3)33-24(30)28-16-7-14-26(27,15-17-29)23(28)19-32-22-12-10-21(11-13-22)31-18-20-8-5-4-6-9-20/h4-6,8-9,21-23,29H,7,10-19,27H2,1-3H3. The van der Waals surface area contributed by atoms with E-state index in [2.05, 4.69) is 12.1 Å². The van der Waals surface area contributed by atoms with Crippen LogP contribution in [0.5, 0.6) is 0 Å². The number of aliphatic hydroxyl groups excluding tert-OH is 1. The van der Waals surface area contributed by atoms with Gasteiger partial charge in [0.2, 0.25) is 0 Å². The van der Waals surface area contributed by atoms with Crippen LogP contribution in [0.15, 0.2) is 30.3 Å². The molecule has 2 atom stereocenters. The second-order valence-electron chi connectivity index (χ2n) is 10.5. The molecule has 2 fully saturated rings. The molecule has 0 radical (unpaired) electrons. The number of nitrogens with zero attached hydrogens (tertiary/aromatic N) is 1. The van der Waals surface area contributed by atoms with Crippen molar-refractivity contribution in [2.75, 3.05) is 19.8 Å². The van der Waals surface area contributed by atoms with Gasteiger partial charge in [0.05, 0.1) is 31.5 Å². The van der Waals surface area contributed by atoms with Gasteiger partial charge in [0, 0.05) is 18.7 Å². The minimum Gasteiger partial charge on any atom is -0.444 e. The molecule has 2 unspecified atom stereocenters. The van der Waals surface area contributed by atoms with E-state index in [1.165, 1.54) is 5.56 Å². The third-order valence-electron chi connectivity index (χ3n) is 6.73. The zero-order valence-electron chi connectivity index (χ0n) is 20.5. The Morgan fingerprint density at radius 1 is 1.12 bits per heavy atom. The molecule has 0 spiro atoms. The molecular weight excluding hydrogens is 420 g/mol. The average molecular weight is 463 g/mol. The van der Waals surface area contributed by atoms with Crippen molar-refractivity contribution in [2.24, 2.45) is 5.73 Å². The first-order valence-corrected chi connectivity index (χ1v) is 12.4. The average Bonchev–Trinajstić information content (AvgIpc) is 2.77. The van der Waals surface area contributed by atoms with Gasteiger partial charge in [-0.1, -0.05) is 30.3 Å². The number of amides is 1. The third kappa shape index (κ3) is 7.67. The number of hydrogen-bond donors (Lipinski definition) is 2. The molecule has 3 N–H and O–H groups in total. The fraction of sp³-hybridized carbons (Fsp3) is 0.731. The SMILES string of the molecule is CC(C)(C)OC(=O)N1CCCC(N)(CCO)C1COC1CCC(OCc2ccccc2)CC1. The van der Waals surface area contributed by atoms with E-state index in [4.69, 9.17) is 19.9 Å². The van der Waals surface area contributed by atoms with E-state index >= 15 is 0 Å². The molecule has 1 aliphatic heterocycles. The van der Waals surface area contributed by atoms with Gasteiger partial charge in [-0.25, -0.2) is 4.79 Å². The van der Waals surface area contributed by atoms with E-state index in [9.17, 15) is 9.90 Å². The zero-order chi connectivity index (χ0) is 23.9. The summed E-state index contributed by atoms with van der Waals surface area (Å²) >= 11 is 0. The second-order valence-corrected chi connectivity index (χ2v) is 10.5. The van der Waals surface area contributed by atoms with Crippen molar-refractivity contribution in [1.29, 1.82) is 0 Å². The molecule has 1 aromatic carbocycles. The first kappa shape index (κ1) is 25.9. The van der Waals surface area contributed by atoms with Crippen LogP contribution in [0.4, 0.5) is 4.79 Å². The van der Waals surface area contributed by atoms with E-state index in [0.29, 0.717) is 26.2 Å². The van der Waals surface area contributed by atoms with Crippen LogP contribution in [0.3, 0.4) is 0 Å². The van der Waals surface area contributed by atoms with Gasteiger partial charge in [-0.3, -0.25) is 0 Å². The zero-order valence-corrected chi connectivity index (χ0v) is 20.5. The molecule has 7 nitrogen and oxygen atoms in total. The number of carbonyl (C=O) groups excluding carboxylic acids is 1. The van der Waals surface area contributed by atoms with Crippen molar-refractivity contribution in [3.05, 3.63) is 35.9 Å². The summed E-state index contributed by atoms with van der Waals surface area (Å²) in [5.41, 5.74) is 6.66. The van der Waals surface area contributed by atoms with Crippen molar-refractivity contribution < 1.29 is 24.1 Å². The number of piperidine rings is 1. The molecule has 0 aromatic heterocycles. The Morgan fingerprint density at radius 2 is 1.76 bits per heavy atom. The summed E-state index contributed by atoms with van der Waals surface area (Å²) in [5.74, 6) is 0. The summed E-state index contributed by atoms with van der Waals surface area (Å²) < 4.78 is 18.1. The van der Waals surface area contributed by atoms with Crippen LogP contribution < -0.4 is 5.73 Å². The molecule has 1 saturated carbocycles. The summed E-state index contributed by atoms with van der Waals surface area (Å²) in [6.07, 6.45) is 5.76. The van der Waals surface area contributed by atoms with Gasteiger partial charge in [0.15, 0.2) is 0 Å². The summed E-state index contributed by atoms with van der Waals surface area (Å²) in [5, 5.41) is 9.62. The normalized spacial score (nSPS) is 28.5. The summed E-state index contributed by atoms with van der Waals surface area (Å²) in [4.78, 5) is 14.6. The van der Waals surface area contributed by atoms with E-state index in [-0.39, 0.29) is 30.9 Å². The Balaban J connectivity index is 1.53. The minimum atomic E-state index is -0.681. The quantitative estimate of drug-likeness (QED) is 0.606. The van der Waals surface area contributed by atoms with E-state index in [1.807, 2.05) is 39.0 Å². The van der Waals surface area contributed by atoms with Crippen LogP contribution in [0, 0.1) is 0 Å². The molecule has 33 heavy (non-hydrogen) atoms. The largest absolute Gasteiger partial charge is 0.444 e. The van der Waals surface area contributed by atoms with Crippen LogP contribution in [-0.4, -0.2) is 65.2 Å². The van der Waals surface area contributed by atoms with Gasteiger partial charge in [-0.2, -0.15) is 0 Å². The van der Waals surface area contributed by atoms with Crippen LogP contribution >= 0.6 is 0 Å².